The summed E-state index contributed by atoms with van der Waals surface area (Å²) in [5.41, 5.74) is 0.683. The average Bonchev–Trinajstić information content (AvgIpc) is 1.58. The number of aliphatic hydroxyl groups is 2. The molecule has 27 nitrogen and oxygen atoms in total. The van der Waals surface area contributed by atoms with Gasteiger partial charge in [0.2, 0.25) is 23.6 Å². The summed E-state index contributed by atoms with van der Waals surface area (Å²) in [5, 5.41) is 29.4. The van der Waals surface area contributed by atoms with Gasteiger partial charge in [-0.25, -0.2) is 27.6 Å². The molecule has 2 aromatic rings. The molecule has 3 unspecified atom stereocenters. The minimum absolute atomic E-state index is 0. The monoisotopic (exact) mass is 1860 g/mol. The van der Waals surface area contributed by atoms with Crippen molar-refractivity contribution < 1.29 is 129 Å². The Kier molecular flexibility index (Phi) is 38.9. The van der Waals surface area contributed by atoms with E-state index in [4.69, 9.17) is 51.6 Å². The number of rotatable bonds is 27. The third-order valence-electron chi connectivity index (χ3n) is 24.3. The van der Waals surface area contributed by atoms with Crippen LogP contribution in [0.5, 0.6) is 0 Å². The number of nitrogens with zero attached hydrogens (tertiary/aromatic N) is 4. The number of carbonyl (C=O) groups excluding carboxylic acids is 10. The molecule has 123 heavy (non-hydrogen) atoms. The van der Waals surface area contributed by atoms with Crippen LogP contribution >= 0.6 is 66.4 Å². The van der Waals surface area contributed by atoms with Gasteiger partial charge in [0.15, 0.2) is 0 Å². The number of ketones is 2. The van der Waals surface area contributed by atoms with Gasteiger partial charge in [0, 0.05) is 118 Å². The Morgan fingerprint density at radius 2 is 1.02 bits per heavy atom. The van der Waals surface area contributed by atoms with Crippen molar-refractivity contribution in [3.05, 3.63) is 104 Å². The van der Waals surface area contributed by atoms with Crippen LogP contribution in [0, 0.1) is 37.5 Å². The molecule has 0 spiro atoms. The quantitative estimate of drug-likeness (QED) is 0.0123. The van der Waals surface area contributed by atoms with Gasteiger partial charge in [-0.15, -0.1) is 0 Å². The van der Waals surface area contributed by atoms with E-state index in [-0.39, 0.29) is 122 Å². The third kappa shape index (κ3) is 28.9. The predicted molar refractivity (Wildman–Crippen MR) is 479 cm³/mol. The number of nitrogens with one attached hydrogen (secondary N) is 2. The number of allylic oxidation sites excluding steroid dienone is 6. The molecular formula is C88H127Cl2N6NaO21S5. The Hall–Kier alpha value is -5.17. The van der Waals surface area contributed by atoms with E-state index in [0.717, 1.165) is 67.2 Å². The van der Waals surface area contributed by atoms with Crippen molar-refractivity contribution in [1.29, 1.82) is 0 Å². The van der Waals surface area contributed by atoms with Crippen LogP contribution in [0.15, 0.2) is 71.9 Å². The van der Waals surface area contributed by atoms with Crippen molar-refractivity contribution in [2.45, 2.75) is 313 Å². The second-order valence-electron chi connectivity index (χ2n) is 35.3. The number of anilines is 2. The summed E-state index contributed by atoms with van der Waals surface area (Å²) in [5.74, 6) is -3.98. The van der Waals surface area contributed by atoms with Crippen molar-refractivity contribution in [3.8, 4) is 0 Å². The normalized spacial score (nSPS) is 29.1. The number of alkyl carbamates (subject to hydrolysis) is 2. The first-order chi connectivity index (χ1) is 56.6. The number of carbonyl (C=O) groups is 10. The van der Waals surface area contributed by atoms with Gasteiger partial charge in [0.05, 0.1) is 46.5 Å². The fraction of sp³-hybridized carbons (Fsp3) is 0.659. The van der Waals surface area contributed by atoms with Gasteiger partial charge in [-0.2, -0.15) is 0 Å². The first kappa shape index (κ1) is 107. The van der Waals surface area contributed by atoms with E-state index in [1.54, 1.807) is 98.1 Å². The van der Waals surface area contributed by atoms with Crippen LogP contribution in [0.1, 0.15) is 223 Å². The van der Waals surface area contributed by atoms with Gasteiger partial charge in [-0.05, 0) is 156 Å². The molecule has 4 fully saturated rings. The van der Waals surface area contributed by atoms with Crippen LogP contribution in [0.3, 0.4) is 0 Å². The average molecular weight is 1860 g/mol. The maximum Gasteiger partial charge on any atom is 1.00 e. The van der Waals surface area contributed by atoms with Crippen molar-refractivity contribution >= 4 is 147 Å². The molecule has 680 valence electrons. The Labute approximate surface area is 774 Å². The molecule has 0 aromatic heterocycles. The van der Waals surface area contributed by atoms with Gasteiger partial charge in [-0.1, -0.05) is 168 Å². The van der Waals surface area contributed by atoms with Gasteiger partial charge in [-0.3, -0.25) is 39.4 Å². The molecule has 4 saturated heterocycles. The predicted octanol–water partition coefficient (Wildman–Crippen LogP) is 12.1. The molecule has 35 heteroatoms. The Balaban J connectivity index is 0.000000378. The summed E-state index contributed by atoms with van der Waals surface area (Å²) in [6.45, 7) is 32.8. The summed E-state index contributed by atoms with van der Waals surface area (Å²) >= 11 is 13.6. The number of esters is 2. The SMILES string of the molecule is CCC(=O)CCC(SSC(C)(C)CCC(=O)N(C)[C@@H](C)C(=O)O[C@H]1CC(=O)N(C)c2cc(cc(C)c2Cl)C/C(C)=C/C=C/[C@@H](C)[C@@]2(O)CC(OC(=O)N2)[C@@H](C)[C@@H]2O[C@@]12C)S(=O)(=O)[O-].CCC(=O)CCCSSC(C)(C)CCC(=O)N(C)[C@@H](C)C(=O)O[C@H]1CC(=O)N(C)c2cc(cc(C)c2Cl)C/C(C)=C/C=C/[C@@H](C)[C@@]2(O)CC(OC(=O)N2)[C@@H](C)[C@@H]2O[C@@]12C.[Na+]. The first-order valence-corrected chi connectivity index (χ1v) is 48.5. The van der Waals surface area contributed by atoms with E-state index in [2.05, 4.69) is 24.5 Å². The van der Waals surface area contributed by atoms with Crippen molar-refractivity contribution in [1.82, 2.24) is 20.4 Å². The van der Waals surface area contributed by atoms with Crippen LogP contribution in [-0.4, -0.2) is 212 Å². The number of aryl methyl sites for hydroxylation is 2. The Bertz CT molecular complexity index is 4440. The fourth-order valence-corrected chi connectivity index (χ4v) is 22.7. The molecule has 0 saturated carbocycles. The van der Waals surface area contributed by atoms with E-state index in [9.17, 15) is 71.1 Å². The van der Waals surface area contributed by atoms with E-state index in [1.165, 1.54) is 33.6 Å². The maximum atomic E-state index is 14.2. The summed E-state index contributed by atoms with van der Waals surface area (Å²) in [7, 11) is 6.94. The van der Waals surface area contributed by atoms with Gasteiger partial charge >= 0.3 is 53.7 Å². The first-order valence-electron chi connectivity index (χ1n) is 41.8. The summed E-state index contributed by atoms with van der Waals surface area (Å²) < 4.78 is 69.9. The Morgan fingerprint density at radius 1 is 0.642 bits per heavy atom. The summed E-state index contributed by atoms with van der Waals surface area (Å²) in [6, 6.07) is 5.54. The zero-order valence-corrected chi connectivity index (χ0v) is 83.1. The number of fused-ring (bicyclic) bond motifs is 10. The fourth-order valence-electron chi connectivity index (χ4n) is 15.2. The second-order valence-corrected chi connectivity index (χ2v) is 44.1. The van der Waals surface area contributed by atoms with Crippen LogP contribution in [0.25, 0.3) is 0 Å². The van der Waals surface area contributed by atoms with Crippen LogP contribution in [-0.2, 0) is 89.7 Å². The van der Waals surface area contributed by atoms with Gasteiger partial charge < -0.3 is 62.8 Å². The van der Waals surface area contributed by atoms with Gasteiger partial charge in [0.1, 0.15) is 85.4 Å². The van der Waals surface area contributed by atoms with Crippen molar-refractivity contribution in [2.24, 2.45) is 23.7 Å². The zero-order valence-electron chi connectivity index (χ0n) is 75.5. The minimum atomic E-state index is -4.69. The number of Topliss-reactive ketones (excluding diaryl/α,β-unsaturated/α-hetero) is 2. The number of amides is 6. The minimum Gasteiger partial charge on any atom is -0.747 e. The smallest absolute Gasteiger partial charge is 0.747 e. The topological polar surface area (TPSA) is 367 Å². The number of hydrogen-bond donors (Lipinski definition) is 4. The molecule has 0 aliphatic carbocycles. The van der Waals surface area contributed by atoms with E-state index in [1.807, 2.05) is 109 Å². The van der Waals surface area contributed by atoms with Crippen LogP contribution < -0.4 is 50.0 Å². The third-order valence-corrected chi connectivity index (χ3v) is 34.5. The van der Waals surface area contributed by atoms with E-state index >= 15 is 0 Å². The van der Waals surface area contributed by atoms with Crippen LogP contribution in [0.2, 0.25) is 10.0 Å². The number of epoxide rings is 2. The van der Waals surface area contributed by atoms with Gasteiger partial charge in [0.25, 0.3) is 0 Å². The molecule has 6 amide bonds. The van der Waals surface area contributed by atoms with E-state index < -0.39 is 150 Å². The molecule has 6 aliphatic heterocycles. The molecule has 6 heterocycles. The molecule has 8 bridgehead atoms. The molecule has 4 N–H and O–H groups in total. The largest absolute Gasteiger partial charge is 1.00 e. The van der Waals surface area contributed by atoms with E-state index in [0.29, 0.717) is 53.5 Å². The molecule has 6 aliphatic rings. The standard InChI is InChI=1S/C44H64ClN3O12S3.C44H64ClN3O9S2.Na/c1-12-31(49)16-17-37(63(55,56)57)61-62-42(7,8)19-18-35(50)47(10)29(6)40(52)59-34-23-36(51)48(11)32-22-30(21-26(3)38(32)45)20-25(2)14-13-15-27(4)44(54)24-33(58-41(53)46-44)28(5)39-43(34,9)60-39;1-12-32(49)17-14-20-58-59-42(7,8)19-18-36(50)47(10)30(6)40(52)56-35-24-37(51)48(11)33-23-31(22-27(3)38(33)45)21-26(2)15-13-16-28(4)44(54)25-34(55-41(53)46-44)29(5)39-43(35,9)57-39;/h13-15,21-22,27-29,33-34,37,39,54H,12,16-20,23-24H2,1-11H3,(H,46,53)(H,55,56,57);13,15-16,22-23,28-30,34-35,39,54H,12,14,17-21,24-25H2,1-11H3,(H,46,53);/q;;+1/p-1/b15-13+,25-14+;16-13+,26-15+;/t27-,28-,29+,33?,34+,37?,39+,43+,44+;28-,29-,30+,34?,35+,39+,43+,44+;/m11./s1. The number of ether oxygens (including phenoxy) is 6. The number of halogens is 2. The second kappa shape index (κ2) is 44.9. The zero-order chi connectivity index (χ0) is 91.4. The molecule has 17 atom stereocenters. The van der Waals surface area contributed by atoms with Crippen molar-refractivity contribution in [2.75, 3.05) is 43.7 Å². The molecule has 0 radical (unpaired) electrons. The molecule has 2 aromatic carbocycles. The number of likely N-dealkylation sites (N-methyl/N-ethyl adjacent to an activating group) is 2. The van der Waals surface area contributed by atoms with Crippen molar-refractivity contribution in [3.63, 3.8) is 0 Å². The number of benzene rings is 2. The molecule has 8 rings (SSSR count). The summed E-state index contributed by atoms with van der Waals surface area (Å²) in [6.07, 6.45) is 8.14. The Morgan fingerprint density at radius 3 is 1.41 bits per heavy atom. The summed E-state index contributed by atoms with van der Waals surface area (Å²) in [4.78, 5) is 138. The number of hydrogen-bond acceptors (Lipinski definition) is 25. The maximum absolute atomic E-state index is 14.2. The molecular weight excluding hydrogens is 1730 g/mol. The van der Waals surface area contributed by atoms with Crippen LogP contribution in [0.4, 0.5) is 21.0 Å².